The molecule has 0 aliphatic heterocycles. The number of benzene rings is 1. The quantitative estimate of drug-likeness (QED) is 0.327. The molecule has 5 nitrogen and oxygen atoms in total. The number of nitrogens with two attached hydrogens (primary N) is 1. The molecule has 0 aromatic heterocycles. The average molecular weight is 386 g/mol. The number of thioether (sulfide) groups is 2. The molecule has 0 radical (unpaired) electrons. The standard InChI is InChI=1S/C18H31N3O2S2/c1-4-9-25-15-7-5-6-14(11-15)12-20-21-18(23)17(22)16(19)8-10-24-13(2)3/h5-7,11,13,16-17,20,22H,4,8-10,12,19H2,1-3H3,(H,21,23). The minimum atomic E-state index is -1.20. The number of carbonyl (C=O) groups excluding carboxylic acids is 1. The predicted octanol–water partition coefficient (Wildman–Crippen LogP) is 2.53. The van der Waals surface area contributed by atoms with Crippen LogP contribution in [0, 0.1) is 0 Å². The molecule has 0 spiro atoms. The predicted molar refractivity (Wildman–Crippen MR) is 109 cm³/mol. The van der Waals surface area contributed by atoms with Crippen molar-refractivity contribution in [3.63, 3.8) is 0 Å². The highest BCUT2D eigenvalue weighted by Gasteiger charge is 2.22. The van der Waals surface area contributed by atoms with Gasteiger partial charge in [-0.1, -0.05) is 32.9 Å². The molecule has 25 heavy (non-hydrogen) atoms. The first-order valence-corrected chi connectivity index (χ1v) is 10.8. The van der Waals surface area contributed by atoms with E-state index in [-0.39, 0.29) is 0 Å². The molecule has 1 amide bonds. The molecular weight excluding hydrogens is 354 g/mol. The molecule has 1 rings (SSSR count). The third kappa shape index (κ3) is 9.51. The molecule has 0 bridgehead atoms. The summed E-state index contributed by atoms with van der Waals surface area (Å²) in [6.07, 6.45) is 0.539. The number of nitrogens with one attached hydrogen (secondary N) is 2. The van der Waals surface area contributed by atoms with Gasteiger partial charge in [-0.25, -0.2) is 5.43 Å². The maximum Gasteiger partial charge on any atom is 0.264 e. The summed E-state index contributed by atoms with van der Waals surface area (Å²) >= 11 is 3.59. The van der Waals surface area contributed by atoms with Crippen LogP contribution in [0.3, 0.4) is 0 Å². The molecule has 0 fully saturated rings. The molecule has 2 unspecified atom stereocenters. The Bertz CT molecular complexity index is 515. The summed E-state index contributed by atoms with van der Waals surface area (Å²) < 4.78 is 0. The Morgan fingerprint density at radius 1 is 1.32 bits per heavy atom. The van der Waals surface area contributed by atoms with Gasteiger partial charge in [-0.2, -0.15) is 11.8 Å². The van der Waals surface area contributed by atoms with Gasteiger partial charge in [0.2, 0.25) is 0 Å². The van der Waals surface area contributed by atoms with E-state index in [2.05, 4.69) is 43.8 Å². The van der Waals surface area contributed by atoms with Gasteiger partial charge in [-0.05, 0) is 47.3 Å². The van der Waals surface area contributed by atoms with Gasteiger partial charge in [0.25, 0.3) is 5.91 Å². The maximum absolute atomic E-state index is 12.0. The van der Waals surface area contributed by atoms with E-state index in [4.69, 9.17) is 5.73 Å². The van der Waals surface area contributed by atoms with Crippen LogP contribution in [-0.2, 0) is 11.3 Å². The van der Waals surface area contributed by atoms with E-state index in [1.165, 1.54) is 4.90 Å². The highest BCUT2D eigenvalue weighted by atomic mass is 32.2. The zero-order valence-electron chi connectivity index (χ0n) is 15.3. The fourth-order valence-corrected chi connectivity index (χ4v) is 3.79. The summed E-state index contributed by atoms with van der Waals surface area (Å²) in [5.74, 6) is 1.43. The number of hydrogen-bond acceptors (Lipinski definition) is 6. The Kier molecular flexibility index (Phi) is 11.2. The van der Waals surface area contributed by atoms with Crippen LogP contribution >= 0.6 is 23.5 Å². The summed E-state index contributed by atoms with van der Waals surface area (Å²) in [5, 5.41) is 10.5. The fraction of sp³-hybridized carbons (Fsp3) is 0.611. The van der Waals surface area contributed by atoms with Gasteiger partial charge in [-0.15, -0.1) is 11.8 Å². The number of hydrazine groups is 1. The highest BCUT2D eigenvalue weighted by Crippen LogP contribution is 2.19. The lowest BCUT2D eigenvalue weighted by molar-refractivity contribution is -0.131. The Balaban J connectivity index is 2.33. The zero-order valence-corrected chi connectivity index (χ0v) is 17.0. The van der Waals surface area contributed by atoms with Crippen molar-refractivity contribution in [1.29, 1.82) is 0 Å². The van der Waals surface area contributed by atoms with Crippen molar-refractivity contribution >= 4 is 29.4 Å². The van der Waals surface area contributed by atoms with Crippen molar-refractivity contribution in [2.75, 3.05) is 11.5 Å². The second kappa shape index (κ2) is 12.6. The lowest BCUT2D eigenvalue weighted by atomic mass is 10.1. The van der Waals surface area contributed by atoms with Crippen LogP contribution < -0.4 is 16.6 Å². The first-order valence-electron chi connectivity index (χ1n) is 8.73. The Morgan fingerprint density at radius 3 is 2.76 bits per heavy atom. The minimum absolute atomic E-state index is 0.487. The van der Waals surface area contributed by atoms with Gasteiger partial charge < -0.3 is 10.8 Å². The smallest absolute Gasteiger partial charge is 0.264 e. The van der Waals surface area contributed by atoms with Crippen molar-refractivity contribution in [2.45, 2.75) is 62.4 Å². The highest BCUT2D eigenvalue weighted by molar-refractivity contribution is 7.99. The molecule has 1 aromatic carbocycles. The SMILES string of the molecule is CCCSc1cccc(CNNC(=O)C(O)C(N)CCSC(C)C)c1. The van der Waals surface area contributed by atoms with Gasteiger partial charge >= 0.3 is 0 Å². The minimum Gasteiger partial charge on any atom is -0.382 e. The number of amides is 1. The van der Waals surface area contributed by atoms with Gasteiger partial charge in [0.05, 0.1) is 0 Å². The maximum atomic E-state index is 12.0. The van der Waals surface area contributed by atoms with Crippen molar-refractivity contribution in [3.8, 4) is 0 Å². The number of rotatable bonds is 12. The van der Waals surface area contributed by atoms with Crippen molar-refractivity contribution < 1.29 is 9.90 Å². The molecule has 2 atom stereocenters. The lowest BCUT2D eigenvalue weighted by Crippen LogP contribution is -2.50. The molecule has 1 aromatic rings. The molecule has 5 N–H and O–H groups in total. The van der Waals surface area contributed by atoms with E-state index in [1.807, 2.05) is 23.9 Å². The zero-order chi connectivity index (χ0) is 18.7. The van der Waals surface area contributed by atoms with Gasteiger partial charge in [0.15, 0.2) is 0 Å². The van der Waals surface area contributed by atoms with Crippen molar-refractivity contribution in [1.82, 2.24) is 10.9 Å². The summed E-state index contributed by atoms with van der Waals surface area (Å²) in [6, 6.07) is 7.64. The average Bonchev–Trinajstić information content (AvgIpc) is 2.59. The van der Waals surface area contributed by atoms with Gasteiger partial charge in [0, 0.05) is 17.5 Å². The summed E-state index contributed by atoms with van der Waals surface area (Å²) in [6.45, 7) is 6.88. The lowest BCUT2D eigenvalue weighted by Gasteiger charge is -2.19. The number of hydrogen-bond donors (Lipinski definition) is 4. The second-order valence-electron chi connectivity index (χ2n) is 6.16. The molecule has 0 saturated heterocycles. The van der Waals surface area contributed by atoms with Gasteiger partial charge in [-0.3, -0.25) is 10.2 Å². The second-order valence-corrected chi connectivity index (χ2v) is 9.01. The van der Waals surface area contributed by atoms with E-state index >= 15 is 0 Å². The topological polar surface area (TPSA) is 87.4 Å². The Morgan fingerprint density at radius 2 is 2.08 bits per heavy atom. The van der Waals surface area contributed by atoms with E-state index in [1.54, 1.807) is 11.8 Å². The summed E-state index contributed by atoms with van der Waals surface area (Å²) in [5.41, 5.74) is 12.4. The van der Waals surface area contributed by atoms with Gasteiger partial charge in [0.1, 0.15) is 6.10 Å². The van der Waals surface area contributed by atoms with Crippen molar-refractivity contribution in [2.24, 2.45) is 5.73 Å². The van der Waals surface area contributed by atoms with Crippen LogP contribution in [0.4, 0.5) is 0 Å². The van der Waals surface area contributed by atoms with Crippen LogP contribution in [0.1, 0.15) is 39.2 Å². The normalized spacial score (nSPS) is 13.7. The summed E-state index contributed by atoms with van der Waals surface area (Å²) in [7, 11) is 0. The number of aliphatic hydroxyl groups is 1. The molecule has 0 heterocycles. The summed E-state index contributed by atoms with van der Waals surface area (Å²) in [4.78, 5) is 13.2. The number of carbonyl (C=O) groups is 1. The third-order valence-electron chi connectivity index (χ3n) is 3.45. The Labute approximate surface area is 159 Å². The number of aliphatic hydroxyl groups excluding tert-OH is 1. The first-order chi connectivity index (χ1) is 11.9. The van der Waals surface area contributed by atoms with Crippen LogP contribution in [0.5, 0.6) is 0 Å². The van der Waals surface area contributed by atoms with Crippen LogP contribution in [0.2, 0.25) is 0 Å². The van der Waals surface area contributed by atoms with E-state index in [9.17, 15) is 9.90 Å². The molecule has 0 aliphatic rings. The molecule has 7 heteroatoms. The van der Waals surface area contributed by atoms with Crippen LogP contribution in [0.25, 0.3) is 0 Å². The van der Waals surface area contributed by atoms with Crippen LogP contribution in [0.15, 0.2) is 29.2 Å². The van der Waals surface area contributed by atoms with E-state index in [0.717, 1.165) is 23.5 Å². The van der Waals surface area contributed by atoms with E-state index in [0.29, 0.717) is 18.2 Å². The monoisotopic (exact) mass is 385 g/mol. The largest absolute Gasteiger partial charge is 0.382 e. The fourth-order valence-electron chi connectivity index (χ4n) is 2.06. The molecule has 0 saturated carbocycles. The first kappa shape index (κ1) is 22.3. The molecule has 142 valence electrons. The Hall–Kier alpha value is -0.730. The van der Waals surface area contributed by atoms with Crippen LogP contribution in [-0.4, -0.2) is 39.9 Å². The van der Waals surface area contributed by atoms with Crippen molar-refractivity contribution in [3.05, 3.63) is 29.8 Å². The molecule has 0 aliphatic carbocycles. The third-order valence-corrected chi connectivity index (χ3v) is 5.79. The van der Waals surface area contributed by atoms with E-state index < -0.39 is 18.1 Å². The molecular formula is C18H31N3O2S2.